The van der Waals surface area contributed by atoms with E-state index < -0.39 is 10.0 Å². The van der Waals surface area contributed by atoms with Crippen LogP contribution in [0.1, 0.15) is 42.3 Å². The van der Waals surface area contributed by atoms with Crippen molar-refractivity contribution in [3.63, 3.8) is 0 Å². The number of amides is 1. The smallest absolute Gasteiger partial charge is 0.240 e. The second kappa shape index (κ2) is 9.72. The molecule has 0 aliphatic heterocycles. The molecule has 0 unspecified atom stereocenters. The largest absolute Gasteiger partial charge is 0.354 e. The molecule has 0 aliphatic carbocycles. The van der Waals surface area contributed by atoms with Gasteiger partial charge in [0.05, 0.1) is 4.90 Å². The van der Waals surface area contributed by atoms with Crippen LogP contribution in [0.2, 0.25) is 0 Å². The lowest BCUT2D eigenvalue weighted by molar-refractivity contribution is -0.114. The number of carbonyl (C=O) groups excluding carboxylic acids is 1. The van der Waals surface area contributed by atoms with E-state index in [0.717, 1.165) is 11.1 Å². The lowest BCUT2D eigenvalue weighted by Gasteiger charge is -2.13. The van der Waals surface area contributed by atoms with Crippen molar-refractivity contribution in [1.82, 2.24) is 9.88 Å². The van der Waals surface area contributed by atoms with Crippen LogP contribution in [-0.2, 0) is 14.8 Å². The van der Waals surface area contributed by atoms with Gasteiger partial charge in [0.2, 0.25) is 15.9 Å². The van der Waals surface area contributed by atoms with Crippen molar-refractivity contribution in [2.75, 3.05) is 11.9 Å². The average Bonchev–Trinajstić information content (AvgIpc) is 3.10. The average molecular weight is 440 g/mol. The highest BCUT2D eigenvalue weighted by atomic mass is 32.2. The van der Waals surface area contributed by atoms with E-state index in [0.29, 0.717) is 23.7 Å². The van der Waals surface area contributed by atoms with Gasteiger partial charge in [-0.2, -0.15) is 0 Å². The zero-order valence-electron chi connectivity index (χ0n) is 17.6. The van der Waals surface area contributed by atoms with E-state index in [1.807, 2.05) is 37.3 Å². The molecule has 162 valence electrons. The lowest BCUT2D eigenvalue weighted by atomic mass is 10.0. The summed E-state index contributed by atoms with van der Waals surface area (Å²) in [6.07, 6.45) is 3.43. The molecule has 2 aromatic carbocycles. The number of hydrogen-bond donors (Lipinski definition) is 2. The maximum Gasteiger partial charge on any atom is 0.240 e. The Morgan fingerprint density at radius 2 is 1.77 bits per heavy atom. The second-order valence-corrected chi connectivity index (χ2v) is 9.02. The second-order valence-electron chi connectivity index (χ2n) is 7.25. The number of carbonyl (C=O) groups is 1. The maximum absolute atomic E-state index is 12.6. The number of nitrogens with zero attached hydrogens (tertiary/aromatic N) is 1. The van der Waals surface area contributed by atoms with Crippen molar-refractivity contribution >= 4 is 33.8 Å². The summed E-state index contributed by atoms with van der Waals surface area (Å²) in [4.78, 5) is 11.5. The van der Waals surface area contributed by atoms with Crippen LogP contribution in [0.25, 0.3) is 12.2 Å². The molecule has 8 heteroatoms. The molecule has 1 aromatic heterocycles. The quantitative estimate of drug-likeness (QED) is 0.548. The SMILES string of the molecule is CC(=O)Nc1c(C)noc1/C=C\c1ccc(S(=O)(=O)NC[C@@H](C)c2ccccc2)cc1. The van der Waals surface area contributed by atoms with Gasteiger partial charge in [-0.1, -0.05) is 60.6 Å². The molecule has 3 rings (SSSR count). The van der Waals surface area contributed by atoms with Gasteiger partial charge in [0.25, 0.3) is 0 Å². The van der Waals surface area contributed by atoms with Gasteiger partial charge in [-0.25, -0.2) is 13.1 Å². The molecule has 0 saturated carbocycles. The van der Waals surface area contributed by atoms with Gasteiger partial charge in [-0.15, -0.1) is 0 Å². The Kier molecular flexibility index (Phi) is 7.04. The van der Waals surface area contributed by atoms with Crippen LogP contribution in [0.15, 0.2) is 64.0 Å². The maximum atomic E-state index is 12.6. The highest BCUT2D eigenvalue weighted by Gasteiger charge is 2.16. The summed E-state index contributed by atoms with van der Waals surface area (Å²) >= 11 is 0. The Morgan fingerprint density at radius 3 is 2.42 bits per heavy atom. The van der Waals surface area contributed by atoms with Gasteiger partial charge in [0.1, 0.15) is 11.4 Å². The molecule has 0 fully saturated rings. The Morgan fingerprint density at radius 1 is 1.10 bits per heavy atom. The number of rotatable bonds is 8. The minimum Gasteiger partial charge on any atom is -0.354 e. The third-order valence-corrected chi connectivity index (χ3v) is 6.20. The number of nitrogens with one attached hydrogen (secondary N) is 2. The van der Waals surface area contributed by atoms with Crippen LogP contribution in [0.4, 0.5) is 5.69 Å². The van der Waals surface area contributed by atoms with Crippen LogP contribution in [-0.4, -0.2) is 26.0 Å². The van der Waals surface area contributed by atoms with E-state index in [4.69, 9.17) is 4.52 Å². The van der Waals surface area contributed by atoms with Gasteiger partial charge in [0, 0.05) is 13.5 Å². The summed E-state index contributed by atoms with van der Waals surface area (Å²) < 4.78 is 33.1. The first kappa shape index (κ1) is 22.5. The van der Waals surface area contributed by atoms with Crippen LogP contribution >= 0.6 is 0 Å². The molecule has 0 spiro atoms. The zero-order valence-corrected chi connectivity index (χ0v) is 18.4. The molecule has 2 N–H and O–H groups in total. The Hall–Kier alpha value is -3.23. The van der Waals surface area contributed by atoms with Crippen LogP contribution in [0.5, 0.6) is 0 Å². The van der Waals surface area contributed by atoms with Crippen molar-refractivity contribution < 1.29 is 17.7 Å². The van der Waals surface area contributed by atoms with E-state index in [1.165, 1.54) is 6.92 Å². The highest BCUT2D eigenvalue weighted by molar-refractivity contribution is 7.89. The van der Waals surface area contributed by atoms with Gasteiger partial charge in [-0.3, -0.25) is 4.79 Å². The number of anilines is 1. The summed E-state index contributed by atoms with van der Waals surface area (Å²) in [5, 5.41) is 6.54. The Labute approximate surface area is 182 Å². The van der Waals surface area contributed by atoms with E-state index in [1.54, 1.807) is 43.3 Å². The Bertz CT molecular complexity index is 1170. The molecular weight excluding hydrogens is 414 g/mol. The number of aryl methyl sites for hydroxylation is 1. The molecule has 7 nitrogen and oxygen atoms in total. The summed E-state index contributed by atoms with van der Waals surface area (Å²) in [5.74, 6) is 0.256. The van der Waals surface area contributed by atoms with Crippen molar-refractivity contribution in [1.29, 1.82) is 0 Å². The normalized spacial score (nSPS) is 12.7. The Balaban J connectivity index is 1.67. The fourth-order valence-electron chi connectivity index (χ4n) is 2.98. The third-order valence-electron chi connectivity index (χ3n) is 4.76. The third kappa shape index (κ3) is 5.90. The minimum atomic E-state index is -3.61. The highest BCUT2D eigenvalue weighted by Crippen LogP contribution is 2.23. The van der Waals surface area contributed by atoms with Crippen molar-refractivity contribution in [2.45, 2.75) is 31.6 Å². The monoisotopic (exact) mass is 439 g/mol. The summed E-state index contributed by atoms with van der Waals surface area (Å²) in [7, 11) is -3.61. The van der Waals surface area contributed by atoms with Gasteiger partial charge in [-0.05, 0) is 42.2 Å². The van der Waals surface area contributed by atoms with Crippen molar-refractivity contribution in [3.05, 3.63) is 77.2 Å². The zero-order chi connectivity index (χ0) is 22.4. The van der Waals surface area contributed by atoms with Crippen LogP contribution in [0, 0.1) is 6.92 Å². The number of benzene rings is 2. The molecule has 3 aromatic rings. The van der Waals surface area contributed by atoms with Crippen LogP contribution < -0.4 is 10.0 Å². The predicted molar refractivity (Wildman–Crippen MR) is 121 cm³/mol. The molecule has 1 heterocycles. The van der Waals surface area contributed by atoms with E-state index >= 15 is 0 Å². The van der Waals surface area contributed by atoms with Gasteiger partial charge < -0.3 is 9.84 Å². The molecule has 0 saturated heterocycles. The van der Waals surface area contributed by atoms with Crippen molar-refractivity contribution in [2.24, 2.45) is 0 Å². The fourth-order valence-corrected chi connectivity index (χ4v) is 4.11. The molecule has 31 heavy (non-hydrogen) atoms. The van der Waals surface area contributed by atoms with Crippen LogP contribution in [0.3, 0.4) is 0 Å². The number of aromatic nitrogens is 1. The summed E-state index contributed by atoms with van der Waals surface area (Å²) in [6, 6.07) is 16.3. The first-order chi connectivity index (χ1) is 14.8. The summed E-state index contributed by atoms with van der Waals surface area (Å²) in [6.45, 7) is 5.43. The number of sulfonamides is 1. The molecule has 0 radical (unpaired) electrons. The van der Waals surface area contributed by atoms with Crippen molar-refractivity contribution in [3.8, 4) is 0 Å². The lowest BCUT2D eigenvalue weighted by Crippen LogP contribution is -2.27. The fraction of sp³-hybridized carbons (Fsp3) is 0.217. The molecule has 0 bridgehead atoms. The van der Waals surface area contributed by atoms with E-state index in [2.05, 4.69) is 15.2 Å². The predicted octanol–water partition coefficient (Wildman–Crippen LogP) is 4.19. The molecule has 0 aliphatic rings. The molecule has 1 amide bonds. The van der Waals surface area contributed by atoms with Gasteiger partial charge in [0.15, 0.2) is 5.76 Å². The number of hydrogen-bond acceptors (Lipinski definition) is 5. The standard InChI is InChI=1S/C23H25N3O4S/c1-16(20-7-5-4-6-8-20)15-24-31(28,29)21-12-9-19(10-13-21)11-14-22-23(25-18(3)27)17(2)26-30-22/h4-14,16,24H,15H2,1-3H3,(H,25,27)/b14-11-/t16-/m1/s1. The topological polar surface area (TPSA) is 101 Å². The van der Waals surface area contributed by atoms with E-state index in [-0.39, 0.29) is 16.7 Å². The minimum absolute atomic E-state index is 0.0568. The first-order valence-corrected chi connectivity index (χ1v) is 11.3. The van der Waals surface area contributed by atoms with Gasteiger partial charge >= 0.3 is 0 Å². The molecule has 1 atom stereocenters. The molecular formula is C23H25N3O4S. The van der Waals surface area contributed by atoms with E-state index in [9.17, 15) is 13.2 Å². The first-order valence-electron chi connectivity index (χ1n) is 9.83. The summed E-state index contributed by atoms with van der Waals surface area (Å²) in [5.41, 5.74) is 2.94.